The monoisotopic (exact) mass is 444 g/mol. The predicted molar refractivity (Wildman–Crippen MR) is 118 cm³/mol. The van der Waals surface area contributed by atoms with Crippen molar-refractivity contribution >= 4 is 29.6 Å². The maximum atomic E-state index is 12.4. The van der Waals surface area contributed by atoms with Crippen LogP contribution in [0.2, 0.25) is 0 Å². The van der Waals surface area contributed by atoms with Gasteiger partial charge in [-0.1, -0.05) is 24.3 Å². The number of carbonyl (C=O) groups is 1. The third-order valence-electron chi connectivity index (χ3n) is 5.38. The smallest absolute Gasteiger partial charge is 0.317 e. The van der Waals surface area contributed by atoms with Crippen molar-refractivity contribution < 1.29 is 18.3 Å². The number of sulfonamides is 1. The largest absolute Gasteiger partial charge is 0.390 e. The van der Waals surface area contributed by atoms with Crippen LogP contribution in [0.1, 0.15) is 17.5 Å². The summed E-state index contributed by atoms with van der Waals surface area (Å²) in [6, 6.07) is 8.10. The third kappa shape index (κ3) is 6.85. The maximum Gasteiger partial charge on any atom is 0.317 e. The number of amides is 2. The van der Waals surface area contributed by atoms with Crippen molar-refractivity contribution in [2.45, 2.75) is 25.5 Å². The zero-order valence-electron chi connectivity index (χ0n) is 16.9. The fourth-order valence-corrected chi connectivity index (χ4v) is 4.69. The second-order valence-electron chi connectivity index (χ2n) is 7.60. The summed E-state index contributed by atoms with van der Waals surface area (Å²) in [5, 5.41) is 13.1. The van der Waals surface area contributed by atoms with Crippen molar-refractivity contribution in [3.8, 4) is 0 Å². The number of hydrogen-bond acceptors (Lipinski definition) is 5. The first-order valence-corrected chi connectivity index (χ1v) is 11.6. The van der Waals surface area contributed by atoms with Crippen LogP contribution in [0.25, 0.3) is 0 Å². The van der Waals surface area contributed by atoms with E-state index in [1.54, 1.807) is 4.90 Å². The van der Waals surface area contributed by atoms with Gasteiger partial charge in [0.2, 0.25) is 10.0 Å². The van der Waals surface area contributed by atoms with Gasteiger partial charge in [0.05, 0.1) is 12.4 Å². The molecule has 0 aromatic heterocycles. The standard InChI is InChI=1S/C19H30N4O4S.H2S/c1-28(26,27)23-9-4-8-22(11-12-23)19(25)20-13-18(24)15-21-10-7-16-5-2-3-6-17(16)14-21;/h2-3,5-6,18,24H,4,7-15H2,1H3,(H,20,25);1H2/t18-;/m0./s1. The number of aliphatic hydroxyl groups is 1. The molecule has 0 bridgehead atoms. The first-order valence-electron chi connectivity index (χ1n) is 9.78. The molecule has 1 aromatic rings. The number of rotatable bonds is 5. The van der Waals surface area contributed by atoms with E-state index in [9.17, 15) is 18.3 Å². The number of urea groups is 1. The fraction of sp³-hybridized carbons (Fsp3) is 0.632. The van der Waals surface area contributed by atoms with Gasteiger partial charge >= 0.3 is 6.03 Å². The molecule has 0 aliphatic carbocycles. The quantitative estimate of drug-likeness (QED) is 0.677. The minimum atomic E-state index is -3.23. The summed E-state index contributed by atoms with van der Waals surface area (Å²) in [7, 11) is -3.23. The van der Waals surface area contributed by atoms with Crippen LogP contribution < -0.4 is 5.32 Å². The SMILES string of the molecule is CS(=O)(=O)N1CCCN(C(=O)NC[C@H](O)CN2CCc3ccccc3C2)CC1.S. The number of benzene rings is 1. The van der Waals surface area contributed by atoms with Crippen molar-refractivity contribution in [3.63, 3.8) is 0 Å². The Morgan fingerprint density at radius 3 is 2.59 bits per heavy atom. The van der Waals surface area contributed by atoms with Gasteiger partial charge in [0, 0.05) is 52.4 Å². The van der Waals surface area contributed by atoms with Crippen LogP contribution in [-0.4, -0.2) is 91.8 Å². The van der Waals surface area contributed by atoms with Gasteiger partial charge in [-0.3, -0.25) is 4.90 Å². The molecule has 2 N–H and O–H groups in total. The number of nitrogens with zero attached hydrogens (tertiary/aromatic N) is 3. The van der Waals surface area contributed by atoms with Crippen molar-refractivity contribution in [3.05, 3.63) is 35.4 Å². The summed E-state index contributed by atoms with van der Waals surface area (Å²) in [6.45, 7) is 4.02. The third-order valence-corrected chi connectivity index (χ3v) is 6.68. The molecule has 8 nitrogen and oxygen atoms in total. The summed E-state index contributed by atoms with van der Waals surface area (Å²) in [4.78, 5) is 16.2. The second-order valence-corrected chi connectivity index (χ2v) is 9.58. The van der Waals surface area contributed by atoms with Gasteiger partial charge in [-0.2, -0.15) is 13.5 Å². The first kappa shape index (κ1) is 23.9. The number of aliphatic hydroxyl groups excluding tert-OH is 1. The minimum absolute atomic E-state index is 0. The molecule has 0 spiro atoms. The molecule has 10 heteroatoms. The van der Waals surface area contributed by atoms with Crippen molar-refractivity contribution in [1.82, 2.24) is 19.4 Å². The highest BCUT2D eigenvalue weighted by Gasteiger charge is 2.24. The number of hydrogen-bond donors (Lipinski definition) is 2. The van der Waals surface area contributed by atoms with Crippen LogP contribution in [0.5, 0.6) is 0 Å². The van der Waals surface area contributed by atoms with Crippen LogP contribution in [-0.2, 0) is 23.0 Å². The summed E-state index contributed by atoms with van der Waals surface area (Å²) in [5.41, 5.74) is 2.66. The Morgan fingerprint density at radius 2 is 1.86 bits per heavy atom. The highest BCUT2D eigenvalue weighted by molar-refractivity contribution is 7.88. The summed E-state index contributed by atoms with van der Waals surface area (Å²) in [5.74, 6) is 0. The van der Waals surface area contributed by atoms with E-state index in [-0.39, 0.29) is 26.1 Å². The Balaban J connectivity index is 0.00000300. The van der Waals surface area contributed by atoms with Gasteiger partial charge in [-0.25, -0.2) is 17.5 Å². The lowest BCUT2D eigenvalue weighted by molar-refractivity contribution is 0.103. The number of carbonyl (C=O) groups excluding carboxylic acids is 1. The molecule has 1 aromatic carbocycles. The zero-order chi connectivity index (χ0) is 20.1. The Morgan fingerprint density at radius 1 is 1.14 bits per heavy atom. The van der Waals surface area contributed by atoms with E-state index >= 15 is 0 Å². The van der Waals surface area contributed by atoms with E-state index < -0.39 is 16.1 Å². The normalized spacial score (nSPS) is 19.6. The average Bonchev–Trinajstić information content (AvgIpc) is 2.92. The van der Waals surface area contributed by atoms with Crippen molar-refractivity contribution in [2.75, 3.05) is 52.1 Å². The van der Waals surface area contributed by atoms with Gasteiger partial charge in [-0.15, -0.1) is 0 Å². The van der Waals surface area contributed by atoms with E-state index in [1.807, 2.05) is 6.07 Å². The molecule has 1 atom stereocenters. The summed E-state index contributed by atoms with van der Waals surface area (Å²) in [6.07, 6.45) is 2.13. The molecular weight excluding hydrogens is 412 g/mol. The highest BCUT2D eigenvalue weighted by Crippen LogP contribution is 2.18. The van der Waals surface area contributed by atoms with Crippen LogP contribution in [0.3, 0.4) is 0 Å². The van der Waals surface area contributed by atoms with Crippen molar-refractivity contribution in [2.24, 2.45) is 0 Å². The molecule has 1 fully saturated rings. The predicted octanol–water partition coefficient (Wildman–Crippen LogP) is 0.195. The molecule has 0 radical (unpaired) electrons. The van der Waals surface area contributed by atoms with Crippen molar-refractivity contribution in [1.29, 1.82) is 0 Å². The number of nitrogens with one attached hydrogen (secondary N) is 1. The van der Waals surface area contributed by atoms with Crippen LogP contribution in [0, 0.1) is 0 Å². The van der Waals surface area contributed by atoms with Crippen LogP contribution in [0.15, 0.2) is 24.3 Å². The van der Waals surface area contributed by atoms with Gasteiger partial charge in [0.1, 0.15) is 0 Å². The van der Waals surface area contributed by atoms with Gasteiger partial charge in [-0.05, 0) is 24.0 Å². The van der Waals surface area contributed by atoms with E-state index in [0.29, 0.717) is 39.1 Å². The Bertz CT molecular complexity index is 790. The molecule has 29 heavy (non-hydrogen) atoms. The number of β-amino-alcohol motifs (C(OH)–C–C–N with tert-alkyl or cyclic N) is 1. The van der Waals surface area contributed by atoms with E-state index in [0.717, 1.165) is 19.5 Å². The molecule has 3 rings (SSSR count). The summed E-state index contributed by atoms with van der Waals surface area (Å²) >= 11 is 0. The highest BCUT2D eigenvalue weighted by atomic mass is 32.2. The Kier molecular flexibility index (Phi) is 8.77. The van der Waals surface area contributed by atoms with Crippen LogP contribution in [0.4, 0.5) is 4.79 Å². The molecule has 1 saturated heterocycles. The van der Waals surface area contributed by atoms with E-state index in [2.05, 4.69) is 28.4 Å². The lowest BCUT2D eigenvalue weighted by Crippen LogP contribution is -2.47. The fourth-order valence-electron chi connectivity index (χ4n) is 3.82. The van der Waals surface area contributed by atoms with Crippen LogP contribution >= 0.6 is 13.5 Å². The maximum absolute atomic E-state index is 12.4. The molecule has 164 valence electrons. The molecule has 0 unspecified atom stereocenters. The summed E-state index contributed by atoms with van der Waals surface area (Å²) < 4.78 is 24.7. The Hall–Kier alpha value is -1.33. The lowest BCUT2D eigenvalue weighted by atomic mass is 10.00. The molecule has 2 amide bonds. The average molecular weight is 445 g/mol. The Labute approximate surface area is 180 Å². The second kappa shape index (κ2) is 10.6. The molecule has 0 saturated carbocycles. The molecule has 2 heterocycles. The van der Waals surface area contributed by atoms with Gasteiger partial charge in [0.25, 0.3) is 0 Å². The first-order chi connectivity index (χ1) is 13.3. The molecule has 2 aliphatic heterocycles. The molecule has 2 aliphatic rings. The zero-order valence-corrected chi connectivity index (χ0v) is 18.7. The van der Waals surface area contributed by atoms with Gasteiger partial charge in [0.15, 0.2) is 0 Å². The number of fused-ring (bicyclic) bond motifs is 1. The van der Waals surface area contributed by atoms with E-state index in [1.165, 1.54) is 21.7 Å². The molecular formula is C19H32N4O4S2. The van der Waals surface area contributed by atoms with Gasteiger partial charge < -0.3 is 15.3 Å². The lowest BCUT2D eigenvalue weighted by Gasteiger charge is -2.30. The van der Waals surface area contributed by atoms with E-state index in [4.69, 9.17) is 0 Å². The topological polar surface area (TPSA) is 93.2 Å². The minimum Gasteiger partial charge on any atom is -0.390 e.